The summed E-state index contributed by atoms with van der Waals surface area (Å²) >= 11 is 0. The average Bonchev–Trinajstić information content (AvgIpc) is 2.82. The van der Waals surface area contributed by atoms with Crippen LogP contribution >= 0.6 is 0 Å². The highest BCUT2D eigenvalue weighted by molar-refractivity contribution is 7.89. The molecule has 0 aromatic heterocycles. The van der Waals surface area contributed by atoms with Gasteiger partial charge >= 0.3 is 6.18 Å². The van der Waals surface area contributed by atoms with Gasteiger partial charge in [-0.1, -0.05) is 6.92 Å². The predicted octanol–water partition coefficient (Wildman–Crippen LogP) is 4.23. The van der Waals surface area contributed by atoms with Gasteiger partial charge in [0.25, 0.3) is 5.91 Å². The lowest BCUT2D eigenvalue weighted by Gasteiger charge is -2.42. The van der Waals surface area contributed by atoms with Crippen LogP contribution in [0.5, 0.6) is 5.75 Å². The van der Waals surface area contributed by atoms with E-state index in [4.69, 9.17) is 4.74 Å². The monoisotopic (exact) mass is 531 g/mol. The molecule has 1 heterocycles. The lowest BCUT2D eigenvalue weighted by Crippen LogP contribution is -2.54. The van der Waals surface area contributed by atoms with Crippen molar-refractivity contribution in [1.82, 2.24) is 9.21 Å². The van der Waals surface area contributed by atoms with Crippen LogP contribution in [0.3, 0.4) is 0 Å². The highest BCUT2D eigenvalue weighted by Crippen LogP contribution is 2.36. The summed E-state index contributed by atoms with van der Waals surface area (Å²) in [5.74, 6) is -1.50. The Bertz CT molecular complexity index is 1220. The standard InChI is InChI=1S/C24H29F4N3O4S/c1-5-10-29(3)36(33,34)18-7-9-22(35-4)21(14-18)31-12-11-30(15-16(31)2)23(32)19-8-6-17(25)13-20(19)24(26,27)28/h6-9,13-14,16H,5,10-12,15H2,1-4H3. The number of methoxy groups -OCH3 is 1. The van der Waals surface area contributed by atoms with Crippen molar-refractivity contribution < 1.29 is 35.5 Å². The summed E-state index contributed by atoms with van der Waals surface area (Å²) in [4.78, 5) is 16.2. The number of ether oxygens (including phenoxy) is 1. The molecule has 0 saturated carbocycles. The summed E-state index contributed by atoms with van der Waals surface area (Å²) in [5, 5.41) is 0. The van der Waals surface area contributed by atoms with Crippen LogP contribution in [0.2, 0.25) is 0 Å². The Morgan fingerprint density at radius 2 is 1.86 bits per heavy atom. The lowest BCUT2D eigenvalue weighted by molar-refractivity contribution is -0.138. The van der Waals surface area contributed by atoms with Crippen molar-refractivity contribution in [3.63, 3.8) is 0 Å². The molecule has 0 aliphatic carbocycles. The zero-order chi connectivity index (χ0) is 26.8. The van der Waals surface area contributed by atoms with Crippen LogP contribution in [0.4, 0.5) is 23.2 Å². The molecule has 36 heavy (non-hydrogen) atoms. The highest BCUT2D eigenvalue weighted by atomic mass is 32.2. The Kier molecular flexibility index (Phi) is 8.19. The molecule has 1 aliphatic heterocycles. The molecule has 2 aromatic rings. The molecule has 12 heteroatoms. The van der Waals surface area contributed by atoms with Gasteiger partial charge < -0.3 is 14.5 Å². The molecule has 1 saturated heterocycles. The molecular formula is C24H29F4N3O4S. The Morgan fingerprint density at radius 1 is 1.17 bits per heavy atom. The van der Waals surface area contributed by atoms with E-state index in [-0.39, 0.29) is 30.6 Å². The highest BCUT2D eigenvalue weighted by Gasteiger charge is 2.38. The Morgan fingerprint density at radius 3 is 2.44 bits per heavy atom. The normalized spacial score (nSPS) is 17.0. The molecular weight excluding hydrogens is 502 g/mol. The molecule has 0 bridgehead atoms. The van der Waals surface area contributed by atoms with Gasteiger partial charge in [0.1, 0.15) is 11.6 Å². The minimum Gasteiger partial charge on any atom is -0.495 e. The first-order valence-corrected chi connectivity index (χ1v) is 12.8. The lowest BCUT2D eigenvalue weighted by atomic mass is 10.0. The van der Waals surface area contributed by atoms with Gasteiger partial charge in [-0.15, -0.1) is 0 Å². The van der Waals surface area contributed by atoms with Crippen LogP contribution in [-0.2, 0) is 16.2 Å². The third-order valence-electron chi connectivity index (χ3n) is 6.14. The summed E-state index contributed by atoms with van der Waals surface area (Å²) < 4.78 is 86.4. The van der Waals surface area contributed by atoms with Crippen molar-refractivity contribution in [2.24, 2.45) is 0 Å². The van der Waals surface area contributed by atoms with E-state index >= 15 is 0 Å². The SMILES string of the molecule is CCCN(C)S(=O)(=O)c1ccc(OC)c(N2CCN(C(=O)c3ccc(F)cc3C(F)(F)F)CC2C)c1. The van der Waals surface area contributed by atoms with E-state index in [0.29, 0.717) is 30.5 Å². The number of nitrogens with zero attached hydrogens (tertiary/aromatic N) is 3. The van der Waals surface area contributed by atoms with Gasteiger partial charge in [-0.25, -0.2) is 17.1 Å². The van der Waals surface area contributed by atoms with Crippen LogP contribution in [0.15, 0.2) is 41.3 Å². The van der Waals surface area contributed by atoms with Crippen molar-refractivity contribution in [2.45, 2.75) is 37.4 Å². The first-order chi connectivity index (χ1) is 16.8. The van der Waals surface area contributed by atoms with E-state index in [9.17, 15) is 30.8 Å². The van der Waals surface area contributed by atoms with Crippen molar-refractivity contribution in [2.75, 3.05) is 45.2 Å². The van der Waals surface area contributed by atoms with Gasteiger partial charge in [0.15, 0.2) is 0 Å². The molecule has 1 fully saturated rings. The topological polar surface area (TPSA) is 70.2 Å². The summed E-state index contributed by atoms with van der Waals surface area (Å²) in [6.07, 6.45) is -4.24. The minimum absolute atomic E-state index is 0.0728. The molecule has 198 valence electrons. The maximum Gasteiger partial charge on any atom is 0.417 e. The molecule has 1 aliphatic rings. The number of amides is 1. The van der Waals surface area contributed by atoms with E-state index in [1.165, 1.54) is 35.5 Å². The van der Waals surface area contributed by atoms with Crippen molar-refractivity contribution in [3.8, 4) is 5.75 Å². The van der Waals surface area contributed by atoms with E-state index in [1.54, 1.807) is 13.0 Å². The largest absolute Gasteiger partial charge is 0.495 e. The van der Waals surface area contributed by atoms with Crippen LogP contribution in [0, 0.1) is 5.82 Å². The average molecular weight is 532 g/mol. The van der Waals surface area contributed by atoms with Gasteiger partial charge in [-0.05, 0) is 49.7 Å². The summed E-state index contributed by atoms with van der Waals surface area (Å²) in [6.45, 7) is 4.37. The molecule has 1 amide bonds. The van der Waals surface area contributed by atoms with Crippen LogP contribution in [0.25, 0.3) is 0 Å². The molecule has 2 aromatic carbocycles. The van der Waals surface area contributed by atoms with E-state index < -0.39 is 39.1 Å². The minimum atomic E-state index is -4.88. The van der Waals surface area contributed by atoms with Gasteiger partial charge in [0.2, 0.25) is 10.0 Å². The van der Waals surface area contributed by atoms with Crippen molar-refractivity contribution in [1.29, 1.82) is 0 Å². The number of rotatable bonds is 7. The molecule has 3 rings (SSSR count). The zero-order valence-corrected chi connectivity index (χ0v) is 21.3. The molecule has 0 radical (unpaired) electrons. The van der Waals surface area contributed by atoms with E-state index in [2.05, 4.69) is 0 Å². The number of anilines is 1. The second-order valence-electron chi connectivity index (χ2n) is 8.64. The van der Waals surface area contributed by atoms with Crippen molar-refractivity contribution in [3.05, 3.63) is 53.3 Å². The first kappa shape index (κ1) is 27.7. The fraction of sp³-hybridized carbons (Fsp3) is 0.458. The quantitative estimate of drug-likeness (QED) is 0.500. The second-order valence-corrected chi connectivity index (χ2v) is 10.7. The number of hydrogen-bond acceptors (Lipinski definition) is 5. The Labute approximate surface area is 208 Å². The number of hydrogen-bond donors (Lipinski definition) is 0. The fourth-order valence-electron chi connectivity index (χ4n) is 4.28. The maximum atomic E-state index is 13.5. The van der Waals surface area contributed by atoms with Gasteiger partial charge in [-0.3, -0.25) is 4.79 Å². The summed E-state index contributed by atoms with van der Waals surface area (Å²) in [5.41, 5.74) is -1.44. The molecule has 0 N–H and O–H groups in total. The number of carbonyl (C=O) groups excluding carboxylic acids is 1. The van der Waals surface area contributed by atoms with Crippen LogP contribution < -0.4 is 9.64 Å². The summed E-state index contributed by atoms with van der Waals surface area (Å²) in [7, 11) is -0.785. The number of alkyl halides is 3. The Hall–Kier alpha value is -2.86. The molecule has 1 atom stereocenters. The number of sulfonamides is 1. The number of piperazine rings is 1. The number of benzene rings is 2. The smallest absolute Gasteiger partial charge is 0.417 e. The predicted molar refractivity (Wildman–Crippen MR) is 127 cm³/mol. The first-order valence-electron chi connectivity index (χ1n) is 11.4. The third-order valence-corrected chi connectivity index (χ3v) is 7.99. The van der Waals surface area contributed by atoms with Gasteiger partial charge in [0, 0.05) is 39.3 Å². The van der Waals surface area contributed by atoms with Crippen LogP contribution in [-0.4, -0.2) is 69.9 Å². The number of carbonyl (C=O) groups is 1. The second kappa shape index (κ2) is 10.6. The third kappa shape index (κ3) is 5.59. The van der Waals surface area contributed by atoms with Gasteiger partial charge in [-0.2, -0.15) is 13.2 Å². The fourth-order valence-corrected chi connectivity index (χ4v) is 5.56. The Balaban J connectivity index is 1.88. The number of halogens is 4. The molecule has 0 spiro atoms. The molecule has 7 nitrogen and oxygen atoms in total. The van der Waals surface area contributed by atoms with E-state index in [1.807, 2.05) is 11.8 Å². The van der Waals surface area contributed by atoms with Crippen LogP contribution in [0.1, 0.15) is 36.2 Å². The molecule has 1 unspecified atom stereocenters. The van der Waals surface area contributed by atoms with Gasteiger partial charge in [0.05, 0.1) is 28.8 Å². The zero-order valence-electron chi connectivity index (χ0n) is 20.5. The van der Waals surface area contributed by atoms with Crippen molar-refractivity contribution >= 4 is 21.6 Å². The maximum absolute atomic E-state index is 13.5. The summed E-state index contributed by atoms with van der Waals surface area (Å²) in [6, 6.07) is 6.14. The van der Waals surface area contributed by atoms with E-state index in [0.717, 1.165) is 12.1 Å².